The van der Waals surface area contributed by atoms with Crippen LogP contribution in [0.15, 0.2) is 24.3 Å². The number of rotatable bonds is 5. The van der Waals surface area contributed by atoms with Crippen LogP contribution in [0.5, 0.6) is 0 Å². The van der Waals surface area contributed by atoms with Crippen LogP contribution in [0, 0.1) is 0 Å². The molecule has 5 nitrogen and oxygen atoms in total. The number of benzene rings is 1. The standard InChI is InChI=1S/C12H21N3O2S/c1-5-15(12-8-6-7-11(13)9-12)18(16,17)14(4)10(2)3/h6-10H,5,13H2,1-4H3. The maximum Gasteiger partial charge on any atom is 0.304 e. The summed E-state index contributed by atoms with van der Waals surface area (Å²) in [5.74, 6) is 0. The molecule has 0 heterocycles. The Morgan fingerprint density at radius 2 is 1.94 bits per heavy atom. The van der Waals surface area contributed by atoms with Crippen molar-refractivity contribution in [3.63, 3.8) is 0 Å². The van der Waals surface area contributed by atoms with Crippen LogP contribution in [-0.2, 0) is 10.2 Å². The van der Waals surface area contributed by atoms with E-state index >= 15 is 0 Å². The topological polar surface area (TPSA) is 66.6 Å². The number of hydrogen-bond donors (Lipinski definition) is 1. The lowest BCUT2D eigenvalue weighted by Crippen LogP contribution is -2.44. The van der Waals surface area contributed by atoms with E-state index in [1.54, 1.807) is 38.2 Å². The number of anilines is 2. The third kappa shape index (κ3) is 2.94. The Balaban J connectivity index is 3.18. The summed E-state index contributed by atoms with van der Waals surface area (Å²) in [7, 11) is -1.93. The molecule has 0 saturated carbocycles. The van der Waals surface area contributed by atoms with Gasteiger partial charge in [0.2, 0.25) is 0 Å². The van der Waals surface area contributed by atoms with Gasteiger partial charge in [0.05, 0.1) is 5.69 Å². The fourth-order valence-electron chi connectivity index (χ4n) is 1.58. The van der Waals surface area contributed by atoms with E-state index in [4.69, 9.17) is 5.73 Å². The molecule has 0 radical (unpaired) electrons. The lowest BCUT2D eigenvalue weighted by Gasteiger charge is -2.30. The second-order valence-electron chi connectivity index (χ2n) is 4.38. The largest absolute Gasteiger partial charge is 0.399 e. The molecule has 0 unspecified atom stereocenters. The van der Waals surface area contributed by atoms with E-state index in [2.05, 4.69) is 0 Å². The molecule has 2 N–H and O–H groups in total. The molecular formula is C12H21N3O2S. The normalized spacial score (nSPS) is 12.1. The van der Waals surface area contributed by atoms with E-state index in [1.165, 1.54) is 8.61 Å². The molecule has 102 valence electrons. The van der Waals surface area contributed by atoms with Gasteiger partial charge in [-0.1, -0.05) is 6.07 Å². The van der Waals surface area contributed by atoms with E-state index in [-0.39, 0.29) is 6.04 Å². The van der Waals surface area contributed by atoms with Crippen LogP contribution in [0.4, 0.5) is 11.4 Å². The van der Waals surface area contributed by atoms with Crippen LogP contribution in [-0.4, -0.2) is 32.4 Å². The van der Waals surface area contributed by atoms with Crippen molar-refractivity contribution in [2.75, 3.05) is 23.6 Å². The number of nitrogen functional groups attached to an aromatic ring is 1. The predicted octanol–water partition coefficient (Wildman–Crippen LogP) is 1.68. The number of hydrogen-bond acceptors (Lipinski definition) is 3. The number of nitrogens with two attached hydrogens (primary N) is 1. The summed E-state index contributed by atoms with van der Waals surface area (Å²) in [5, 5.41) is 0. The fraction of sp³-hybridized carbons (Fsp3) is 0.500. The molecule has 6 heteroatoms. The Kier molecular flexibility index (Phi) is 4.59. The Labute approximate surface area is 109 Å². The van der Waals surface area contributed by atoms with Crippen LogP contribution in [0.3, 0.4) is 0 Å². The van der Waals surface area contributed by atoms with E-state index in [9.17, 15) is 8.42 Å². The second kappa shape index (κ2) is 5.58. The van der Waals surface area contributed by atoms with Crippen LogP contribution >= 0.6 is 0 Å². The van der Waals surface area contributed by atoms with Gasteiger partial charge >= 0.3 is 10.2 Å². The third-order valence-corrected chi connectivity index (χ3v) is 4.99. The first-order valence-corrected chi connectivity index (χ1v) is 7.31. The average molecular weight is 271 g/mol. The molecule has 0 aliphatic rings. The highest BCUT2D eigenvalue weighted by Crippen LogP contribution is 2.22. The Morgan fingerprint density at radius 3 is 2.39 bits per heavy atom. The Morgan fingerprint density at radius 1 is 1.33 bits per heavy atom. The van der Waals surface area contributed by atoms with Gasteiger partial charge in [0.1, 0.15) is 0 Å². The van der Waals surface area contributed by atoms with Gasteiger partial charge in [0.25, 0.3) is 0 Å². The third-order valence-electron chi connectivity index (χ3n) is 2.82. The van der Waals surface area contributed by atoms with Gasteiger partial charge in [-0.15, -0.1) is 0 Å². The first-order chi connectivity index (χ1) is 8.30. The van der Waals surface area contributed by atoms with E-state index < -0.39 is 10.2 Å². The van der Waals surface area contributed by atoms with E-state index in [0.717, 1.165) is 0 Å². The zero-order valence-electron chi connectivity index (χ0n) is 11.3. The summed E-state index contributed by atoms with van der Waals surface area (Å²) in [6, 6.07) is 6.79. The maximum absolute atomic E-state index is 12.4. The molecule has 18 heavy (non-hydrogen) atoms. The van der Waals surface area contributed by atoms with Crippen molar-refractivity contribution in [2.45, 2.75) is 26.8 Å². The predicted molar refractivity (Wildman–Crippen MR) is 75.7 cm³/mol. The molecule has 0 aromatic heterocycles. The molecular weight excluding hydrogens is 250 g/mol. The molecule has 0 amide bonds. The highest BCUT2D eigenvalue weighted by Gasteiger charge is 2.27. The smallest absolute Gasteiger partial charge is 0.304 e. The fourth-order valence-corrected chi connectivity index (χ4v) is 3.13. The van der Waals surface area contributed by atoms with Gasteiger partial charge in [-0.05, 0) is 39.0 Å². The van der Waals surface area contributed by atoms with Gasteiger partial charge in [-0.3, -0.25) is 4.31 Å². The lowest BCUT2D eigenvalue weighted by atomic mass is 10.3. The Bertz CT molecular complexity index is 500. The van der Waals surface area contributed by atoms with Gasteiger partial charge < -0.3 is 5.73 Å². The minimum absolute atomic E-state index is 0.0925. The average Bonchev–Trinajstić information content (AvgIpc) is 2.28. The van der Waals surface area contributed by atoms with Crippen LogP contribution in [0.25, 0.3) is 0 Å². The van der Waals surface area contributed by atoms with Gasteiger partial charge in [0, 0.05) is 25.3 Å². The van der Waals surface area contributed by atoms with Crippen molar-refractivity contribution in [3.8, 4) is 0 Å². The van der Waals surface area contributed by atoms with E-state index in [1.807, 2.05) is 13.8 Å². The lowest BCUT2D eigenvalue weighted by molar-refractivity contribution is 0.408. The summed E-state index contributed by atoms with van der Waals surface area (Å²) in [6.45, 7) is 5.84. The molecule has 0 aliphatic carbocycles. The van der Waals surface area contributed by atoms with Crippen LogP contribution in [0.1, 0.15) is 20.8 Å². The van der Waals surface area contributed by atoms with Crippen molar-refractivity contribution in [3.05, 3.63) is 24.3 Å². The van der Waals surface area contributed by atoms with Gasteiger partial charge in [-0.25, -0.2) is 0 Å². The van der Waals surface area contributed by atoms with Gasteiger partial charge in [0.15, 0.2) is 0 Å². The molecule has 1 aromatic rings. The zero-order chi connectivity index (χ0) is 13.9. The quantitative estimate of drug-likeness (QED) is 0.829. The van der Waals surface area contributed by atoms with Crippen molar-refractivity contribution < 1.29 is 8.42 Å². The summed E-state index contributed by atoms with van der Waals surface area (Å²) >= 11 is 0. The molecule has 0 spiro atoms. The first-order valence-electron chi connectivity index (χ1n) is 5.92. The summed E-state index contributed by atoms with van der Waals surface area (Å²) in [4.78, 5) is 0. The SMILES string of the molecule is CCN(c1cccc(N)c1)S(=O)(=O)N(C)C(C)C. The second-order valence-corrected chi connectivity index (χ2v) is 6.29. The van der Waals surface area contributed by atoms with Crippen molar-refractivity contribution in [2.24, 2.45) is 0 Å². The summed E-state index contributed by atoms with van der Waals surface area (Å²) < 4.78 is 27.5. The highest BCUT2D eigenvalue weighted by molar-refractivity contribution is 7.90. The first kappa shape index (κ1) is 14.8. The highest BCUT2D eigenvalue weighted by atomic mass is 32.2. The van der Waals surface area contributed by atoms with E-state index in [0.29, 0.717) is 17.9 Å². The maximum atomic E-state index is 12.4. The molecule has 0 saturated heterocycles. The Hall–Kier alpha value is -1.27. The molecule has 0 bridgehead atoms. The molecule has 0 fully saturated rings. The number of nitrogens with zero attached hydrogens (tertiary/aromatic N) is 2. The van der Waals surface area contributed by atoms with Gasteiger partial charge in [-0.2, -0.15) is 12.7 Å². The zero-order valence-corrected chi connectivity index (χ0v) is 12.1. The van der Waals surface area contributed by atoms with Crippen molar-refractivity contribution in [1.29, 1.82) is 0 Å². The molecule has 0 atom stereocenters. The van der Waals surface area contributed by atoms with Crippen molar-refractivity contribution in [1.82, 2.24) is 4.31 Å². The summed E-state index contributed by atoms with van der Waals surface area (Å²) in [6.07, 6.45) is 0. The van der Waals surface area contributed by atoms with Crippen LogP contribution in [0.2, 0.25) is 0 Å². The minimum Gasteiger partial charge on any atom is -0.399 e. The molecule has 0 aliphatic heterocycles. The summed E-state index contributed by atoms with van der Waals surface area (Å²) in [5.41, 5.74) is 6.83. The van der Waals surface area contributed by atoms with Crippen LogP contribution < -0.4 is 10.0 Å². The molecule has 1 rings (SSSR count). The minimum atomic E-state index is -3.51. The monoisotopic (exact) mass is 271 g/mol. The molecule has 1 aromatic carbocycles. The van der Waals surface area contributed by atoms with Crippen molar-refractivity contribution >= 4 is 21.6 Å².